The Balaban J connectivity index is 2.30. The molecule has 1 aromatic rings. The fraction of sp³-hybridized carbons (Fsp3) is 0.273. The summed E-state index contributed by atoms with van der Waals surface area (Å²) in [5.74, 6) is -0.475. The van der Waals surface area contributed by atoms with Crippen LogP contribution in [0.4, 0.5) is 5.69 Å². The van der Waals surface area contributed by atoms with Crippen LogP contribution in [-0.2, 0) is 16.1 Å². The van der Waals surface area contributed by atoms with E-state index in [0.717, 1.165) is 4.90 Å². The molecule has 6 nitrogen and oxygen atoms in total. The first-order valence-electron chi connectivity index (χ1n) is 5.25. The van der Waals surface area contributed by atoms with Crippen molar-refractivity contribution in [3.8, 4) is 0 Å². The molecule has 0 saturated carbocycles. The van der Waals surface area contributed by atoms with E-state index in [2.05, 4.69) is 15.9 Å². The number of carbonyl (C=O) groups excluding carboxylic acids is 2. The topological polar surface area (TPSA) is 80.5 Å². The third-order valence-electron chi connectivity index (χ3n) is 2.74. The lowest BCUT2D eigenvalue weighted by molar-refractivity contribution is -0.385. The summed E-state index contributed by atoms with van der Waals surface area (Å²) in [6, 6.07) is 4.54. The van der Waals surface area contributed by atoms with E-state index in [0.29, 0.717) is 10.0 Å². The van der Waals surface area contributed by atoms with Crippen LogP contribution in [0.3, 0.4) is 0 Å². The van der Waals surface area contributed by atoms with Crippen molar-refractivity contribution >= 4 is 33.4 Å². The Morgan fingerprint density at radius 1 is 1.28 bits per heavy atom. The third-order valence-corrected chi connectivity index (χ3v) is 3.65. The molecule has 1 aliphatic heterocycles. The first-order valence-corrected chi connectivity index (χ1v) is 6.05. The molecule has 2 amide bonds. The first-order chi connectivity index (χ1) is 8.50. The molecule has 7 heteroatoms. The summed E-state index contributed by atoms with van der Waals surface area (Å²) in [7, 11) is 0. The van der Waals surface area contributed by atoms with E-state index in [1.807, 2.05) is 0 Å². The number of nitrogens with zero attached hydrogens (tertiary/aromatic N) is 2. The van der Waals surface area contributed by atoms with E-state index in [9.17, 15) is 19.7 Å². The minimum atomic E-state index is -0.513. The number of halogens is 1. The number of nitro benzene ring substituents is 1. The Kier molecular flexibility index (Phi) is 3.42. The van der Waals surface area contributed by atoms with Crippen LogP contribution < -0.4 is 0 Å². The summed E-state index contributed by atoms with van der Waals surface area (Å²) in [6.07, 6.45) is 0.427. The number of amides is 2. The van der Waals surface area contributed by atoms with Gasteiger partial charge in [-0.3, -0.25) is 24.6 Å². The molecule has 0 spiro atoms. The second-order valence-corrected chi connectivity index (χ2v) is 4.67. The van der Waals surface area contributed by atoms with Gasteiger partial charge in [0.05, 0.1) is 11.5 Å². The van der Waals surface area contributed by atoms with Crippen molar-refractivity contribution in [1.29, 1.82) is 0 Å². The van der Waals surface area contributed by atoms with E-state index in [-0.39, 0.29) is 36.9 Å². The van der Waals surface area contributed by atoms with E-state index >= 15 is 0 Å². The van der Waals surface area contributed by atoms with Gasteiger partial charge in [-0.1, -0.05) is 12.1 Å². The molecule has 0 aromatic heterocycles. The Morgan fingerprint density at radius 3 is 2.44 bits per heavy atom. The molecular weight excluding hydrogens is 304 g/mol. The maximum atomic E-state index is 11.5. The number of imide groups is 1. The van der Waals surface area contributed by atoms with Crippen LogP contribution in [-0.4, -0.2) is 21.6 Å². The zero-order chi connectivity index (χ0) is 13.3. The molecule has 1 heterocycles. The fourth-order valence-corrected chi connectivity index (χ4v) is 2.33. The lowest BCUT2D eigenvalue weighted by atomic mass is 10.2. The molecule has 0 aliphatic carbocycles. The van der Waals surface area contributed by atoms with Gasteiger partial charge in [0.2, 0.25) is 11.8 Å². The van der Waals surface area contributed by atoms with E-state index in [1.54, 1.807) is 6.07 Å². The number of hydrogen-bond donors (Lipinski definition) is 0. The van der Waals surface area contributed by atoms with Crippen molar-refractivity contribution in [2.75, 3.05) is 0 Å². The van der Waals surface area contributed by atoms with Gasteiger partial charge in [0.1, 0.15) is 4.47 Å². The maximum absolute atomic E-state index is 11.5. The second kappa shape index (κ2) is 4.85. The fourth-order valence-electron chi connectivity index (χ4n) is 1.80. The van der Waals surface area contributed by atoms with Gasteiger partial charge in [0.15, 0.2) is 0 Å². The summed E-state index contributed by atoms with van der Waals surface area (Å²) in [5, 5.41) is 10.8. The molecule has 18 heavy (non-hydrogen) atoms. The molecule has 1 aromatic carbocycles. The molecule has 94 valence electrons. The van der Waals surface area contributed by atoms with Crippen LogP contribution in [0.2, 0.25) is 0 Å². The molecular formula is C11H9BrN2O4. The number of rotatable bonds is 3. The summed E-state index contributed by atoms with van der Waals surface area (Å²) in [5.41, 5.74) is 0.472. The standard InChI is InChI=1S/C11H9BrN2O4/c12-11-7(2-1-3-8(11)14(17)18)6-13-9(15)4-5-10(13)16/h1-3H,4-6H2. The van der Waals surface area contributed by atoms with Crippen molar-refractivity contribution in [3.05, 3.63) is 38.3 Å². The highest BCUT2D eigenvalue weighted by molar-refractivity contribution is 9.10. The van der Waals surface area contributed by atoms with Crippen molar-refractivity contribution < 1.29 is 14.5 Å². The molecule has 2 rings (SSSR count). The van der Waals surface area contributed by atoms with Crippen molar-refractivity contribution in [2.24, 2.45) is 0 Å². The van der Waals surface area contributed by atoms with Crippen LogP contribution in [0.5, 0.6) is 0 Å². The molecule has 0 bridgehead atoms. The molecule has 0 N–H and O–H groups in total. The minimum absolute atomic E-state index is 0.0694. The summed E-state index contributed by atoms with van der Waals surface area (Å²) in [4.78, 5) is 34.3. The molecule has 1 fully saturated rings. The van der Waals surface area contributed by atoms with Gasteiger partial charge in [-0.15, -0.1) is 0 Å². The number of likely N-dealkylation sites (tertiary alicyclic amines) is 1. The van der Waals surface area contributed by atoms with E-state index in [1.165, 1.54) is 12.1 Å². The van der Waals surface area contributed by atoms with Crippen LogP contribution in [0.15, 0.2) is 22.7 Å². The average Bonchev–Trinajstić information content (AvgIpc) is 2.63. The maximum Gasteiger partial charge on any atom is 0.283 e. The zero-order valence-electron chi connectivity index (χ0n) is 9.26. The van der Waals surface area contributed by atoms with Crippen molar-refractivity contribution in [3.63, 3.8) is 0 Å². The number of benzene rings is 1. The average molecular weight is 313 g/mol. The van der Waals surface area contributed by atoms with Crippen LogP contribution >= 0.6 is 15.9 Å². The SMILES string of the molecule is O=C1CCC(=O)N1Cc1cccc([N+](=O)[O-])c1Br. The van der Waals surface area contributed by atoms with Crippen LogP contribution in [0.1, 0.15) is 18.4 Å². The minimum Gasteiger partial charge on any atom is -0.278 e. The first kappa shape index (κ1) is 12.7. The number of nitro groups is 1. The molecule has 1 aliphatic rings. The van der Waals surface area contributed by atoms with Gasteiger partial charge in [-0.2, -0.15) is 0 Å². The largest absolute Gasteiger partial charge is 0.283 e. The quantitative estimate of drug-likeness (QED) is 0.485. The Hall–Kier alpha value is -1.76. The normalized spacial score (nSPS) is 15.3. The van der Waals surface area contributed by atoms with Gasteiger partial charge >= 0.3 is 0 Å². The molecule has 0 unspecified atom stereocenters. The third kappa shape index (κ3) is 2.26. The highest BCUT2D eigenvalue weighted by Gasteiger charge is 2.30. The summed E-state index contributed by atoms with van der Waals surface area (Å²) >= 11 is 3.14. The van der Waals surface area contributed by atoms with E-state index in [4.69, 9.17) is 0 Å². The number of carbonyl (C=O) groups is 2. The second-order valence-electron chi connectivity index (χ2n) is 3.88. The van der Waals surface area contributed by atoms with Crippen molar-refractivity contribution in [1.82, 2.24) is 4.90 Å². The summed E-state index contributed by atoms with van der Waals surface area (Å²) < 4.78 is 0.308. The Labute approximate surface area is 111 Å². The molecule has 0 radical (unpaired) electrons. The number of hydrogen-bond acceptors (Lipinski definition) is 4. The van der Waals surface area contributed by atoms with Gasteiger partial charge in [0.25, 0.3) is 5.69 Å². The predicted molar refractivity (Wildman–Crippen MR) is 65.6 cm³/mol. The highest BCUT2D eigenvalue weighted by Crippen LogP contribution is 2.30. The smallest absolute Gasteiger partial charge is 0.278 e. The Morgan fingerprint density at radius 2 is 1.89 bits per heavy atom. The van der Waals surface area contributed by atoms with Crippen LogP contribution in [0, 0.1) is 10.1 Å². The highest BCUT2D eigenvalue weighted by atomic mass is 79.9. The Bertz CT molecular complexity index is 528. The molecule has 1 saturated heterocycles. The molecule has 0 atom stereocenters. The van der Waals surface area contributed by atoms with Crippen molar-refractivity contribution in [2.45, 2.75) is 19.4 Å². The monoisotopic (exact) mass is 312 g/mol. The summed E-state index contributed by atoms with van der Waals surface area (Å²) in [6.45, 7) is 0.0694. The lowest BCUT2D eigenvalue weighted by Gasteiger charge is -2.14. The van der Waals surface area contributed by atoms with Crippen LogP contribution in [0.25, 0.3) is 0 Å². The lowest BCUT2D eigenvalue weighted by Crippen LogP contribution is -2.28. The zero-order valence-corrected chi connectivity index (χ0v) is 10.8. The van der Waals surface area contributed by atoms with Gasteiger partial charge in [-0.05, 0) is 21.5 Å². The van der Waals surface area contributed by atoms with E-state index < -0.39 is 4.92 Å². The predicted octanol–water partition coefficient (Wildman–Crippen LogP) is 2.01. The van der Waals surface area contributed by atoms with Gasteiger partial charge in [-0.25, -0.2) is 0 Å². The van der Waals surface area contributed by atoms with Gasteiger partial charge < -0.3 is 0 Å². The van der Waals surface area contributed by atoms with Gasteiger partial charge in [0, 0.05) is 18.9 Å².